The standard InChI is InChI=1S/C17H22ClNO2/c18-15-7-3-4-8-16(15)21-12-17(20)19-10-9-13-5-1-2-6-14(13)11-19/h3-4,7-8,13-14H,1-2,5-6,9-12H2/t13-,14-/m0/s1. The SMILES string of the molecule is O=C(COc1ccccc1Cl)N1CC[C@@H]2CCCC[C@H]2C1. The number of rotatable bonds is 3. The molecule has 1 saturated heterocycles. The molecular weight excluding hydrogens is 286 g/mol. The highest BCUT2D eigenvalue weighted by molar-refractivity contribution is 6.32. The van der Waals surface area contributed by atoms with Gasteiger partial charge < -0.3 is 9.64 Å². The first-order valence-electron chi connectivity index (χ1n) is 7.89. The van der Waals surface area contributed by atoms with Gasteiger partial charge in [-0.2, -0.15) is 0 Å². The van der Waals surface area contributed by atoms with Crippen LogP contribution in [0.4, 0.5) is 0 Å². The number of carbonyl (C=O) groups is 1. The molecule has 2 atom stereocenters. The minimum absolute atomic E-state index is 0.0824. The molecule has 3 nitrogen and oxygen atoms in total. The lowest BCUT2D eigenvalue weighted by Gasteiger charge is -2.41. The fourth-order valence-electron chi connectivity index (χ4n) is 3.62. The molecule has 3 rings (SSSR count). The van der Waals surface area contributed by atoms with Gasteiger partial charge in [0.15, 0.2) is 6.61 Å². The van der Waals surface area contributed by atoms with E-state index in [1.54, 1.807) is 12.1 Å². The van der Waals surface area contributed by atoms with Crippen molar-refractivity contribution >= 4 is 17.5 Å². The zero-order valence-corrected chi connectivity index (χ0v) is 13.0. The maximum Gasteiger partial charge on any atom is 0.260 e. The van der Waals surface area contributed by atoms with Gasteiger partial charge in [0.1, 0.15) is 5.75 Å². The molecule has 2 aliphatic rings. The molecule has 1 aliphatic heterocycles. The summed E-state index contributed by atoms with van der Waals surface area (Å²) in [7, 11) is 0. The summed E-state index contributed by atoms with van der Waals surface area (Å²) in [4.78, 5) is 14.3. The molecule has 114 valence electrons. The number of amides is 1. The van der Waals surface area contributed by atoms with Gasteiger partial charge >= 0.3 is 0 Å². The quantitative estimate of drug-likeness (QED) is 0.851. The molecule has 2 fully saturated rings. The molecule has 4 heteroatoms. The van der Waals surface area contributed by atoms with Crippen LogP contribution < -0.4 is 4.74 Å². The third-order valence-corrected chi connectivity index (χ3v) is 5.14. The Bertz CT molecular complexity index is 505. The Kier molecular flexibility index (Phi) is 4.69. The molecule has 0 bridgehead atoms. The average molecular weight is 308 g/mol. The van der Waals surface area contributed by atoms with E-state index in [0.717, 1.165) is 25.4 Å². The number of benzene rings is 1. The summed E-state index contributed by atoms with van der Waals surface area (Å²) in [6.07, 6.45) is 6.47. The van der Waals surface area contributed by atoms with Crippen molar-refractivity contribution in [1.29, 1.82) is 0 Å². The van der Waals surface area contributed by atoms with Crippen molar-refractivity contribution < 1.29 is 9.53 Å². The van der Waals surface area contributed by atoms with Crippen molar-refractivity contribution in [3.05, 3.63) is 29.3 Å². The van der Waals surface area contributed by atoms with E-state index in [1.165, 1.54) is 25.7 Å². The molecule has 1 aliphatic carbocycles. The molecule has 1 saturated carbocycles. The number of nitrogens with zero attached hydrogens (tertiary/aromatic N) is 1. The number of hydrogen-bond acceptors (Lipinski definition) is 2. The van der Waals surface area contributed by atoms with E-state index in [2.05, 4.69) is 0 Å². The number of ether oxygens (including phenoxy) is 1. The van der Waals surface area contributed by atoms with Crippen LogP contribution in [0.3, 0.4) is 0 Å². The van der Waals surface area contributed by atoms with Crippen LogP contribution in [0.2, 0.25) is 5.02 Å². The van der Waals surface area contributed by atoms with Crippen LogP contribution in [0.25, 0.3) is 0 Å². The Morgan fingerprint density at radius 3 is 2.76 bits per heavy atom. The van der Waals surface area contributed by atoms with Crippen molar-refractivity contribution in [1.82, 2.24) is 4.90 Å². The summed E-state index contributed by atoms with van der Waals surface area (Å²) in [5.74, 6) is 2.21. The molecule has 1 heterocycles. The van der Waals surface area contributed by atoms with E-state index in [4.69, 9.17) is 16.3 Å². The predicted octanol–water partition coefficient (Wildman–Crippen LogP) is 3.76. The molecule has 0 N–H and O–H groups in total. The van der Waals surface area contributed by atoms with E-state index >= 15 is 0 Å². The summed E-state index contributed by atoms with van der Waals surface area (Å²) in [5.41, 5.74) is 0. The third-order valence-electron chi connectivity index (χ3n) is 4.83. The Morgan fingerprint density at radius 2 is 1.95 bits per heavy atom. The normalized spacial score (nSPS) is 25.3. The summed E-state index contributed by atoms with van der Waals surface area (Å²) in [6, 6.07) is 7.28. The van der Waals surface area contributed by atoms with Gasteiger partial charge in [-0.05, 0) is 36.8 Å². The first-order chi connectivity index (χ1) is 10.2. The Balaban J connectivity index is 1.53. The average Bonchev–Trinajstić information content (AvgIpc) is 2.53. The highest BCUT2D eigenvalue weighted by Crippen LogP contribution is 2.36. The molecule has 1 aromatic carbocycles. The fourth-order valence-corrected chi connectivity index (χ4v) is 3.81. The summed E-state index contributed by atoms with van der Waals surface area (Å²) >= 11 is 6.03. The second kappa shape index (κ2) is 6.69. The van der Waals surface area contributed by atoms with Gasteiger partial charge in [-0.25, -0.2) is 0 Å². The van der Waals surface area contributed by atoms with Crippen LogP contribution in [0, 0.1) is 11.8 Å². The van der Waals surface area contributed by atoms with Crippen molar-refractivity contribution in [2.45, 2.75) is 32.1 Å². The molecular formula is C17H22ClNO2. The first kappa shape index (κ1) is 14.7. The first-order valence-corrected chi connectivity index (χ1v) is 8.27. The van der Waals surface area contributed by atoms with Crippen LogP contribution in [0.1, 0.15) is 32.1 Å². The third kappa shape index (κ3) is 3.52. The molecule has 1 amide bonds. The number of halogens is 1. The number of para-hydroxylation sites is 1. The molecule has 0 aromatic heterocycles. The van der Waals surface area contributed by atoms with Crippen LogP contribution in [-0.4, -0.2) is 30.5 Å². The maximum atomic E-state index is 12.3. The number of fused-ring (bicyclic) bond motifs is 1. The lowest BCUT2D eigenvalue weighted by atomic mass is 9.75. The summed E-state index contributed by atoms with van der Waals surface area (Å²) < 4.78 is 5.56. The Hall–Kier alpha value is -1.22. The minimum Gasteiger partial charge on any atom is -0.482 e. The molecule has 1 aromatic rings. The zero-order chi connectivity index (χ0) is 14.7. The van der Waals surface area contributed by atoms with Crippen molar-refractivity contribution in [2.75, 3.05) is 19.7 Å². The van der Waals surface area contributed by atoms with Crippen molar-refractivity contribution in [3.63, 3.8) is 0 Å². The predicted molar refractivity (Wildman–Crippen MR) is 83.6 cm³/mol. The van der Waals surface area contributed by atoms with Gasteiger partial charge in [0, 0.05) is 13.1 Å². The second-order valence-electron chi connectivity index (χ2n) is 6.15. The van der Waals surface area contributed by atoms with E-state index in [1.807, 2.05) is 17.0 Å². The lowest BCUT2D eigenvalue weighted by Crippen LogP contribution is -2.46. The Labute approximate surface area is 131 Å². The van der Waals surface area contributed by atoms with Gasteiger partial charge in [-0.1, -0.05) is 43.0 Å². The smallest absolute Gasteiger partial charge is 0.260 e. The number of piperidine rings is 1. The molecule has 21 heavy (non-hydrogen) atoms. The van der Waals surface area contributed by atoms with Crippen molar-refractivity contribution in [3.8, 4) is 5.75 Å². The number of hydrogen-bond donors (Lipinski definition) is 0. The fraction of sp³-hybridized carbons (Fsp3) is 0.588. The van der Waals surface area contributed by atoms with Crippen LogP contribution in [0.15, 0.2) is 24.3 Å². The molecule has 0 radical (unpaired) electrons. The summed E-state index contributed by atoms with van der Waals surface area (Å²) in [5, 5.41) is 0.552. The Morgan fingerprint density at radius 1 is 1.19 bits per heavy atom. The highest BCUT2D eigenvalue weighted by Gasteiger charge is 2.32. The van der Waals surface area contributed by atoms with E-state index in [0.29, 0.717) is 16.7 Å². The van der Waals surface area contributed by atoms with Crippen LogP contribution in [-0.2, 0) is 4.79 Å². The van der Waals surface area contributed by atoms with Gasteiger partial charge in [-0.3, -0.25) is 4.79 Å². The highest BCUT2D eigenvalue weighted by atomic mass is 35.5. The van der Waals surface area contributed by atoms with Crippen LogP contribution >= 0.6 is 11.6 Å². The molecule has 0 spiro atoms. The van der Waals surface area contributed by atoms with Gasteiger partial charge in [0.25, 0.3) is 5.91 Å². The lowest BCUT2D eigenvalue weighted by molar-refractivity contribution is -0.136. The van der Waals surface area contributed by atoms with Crippen molar-refractivity contribution in [2.24, 2.45) is 11.8 Å². The van der Waals surface area contributed by atoms with E-state index in [-0.39, 0.29) is 12.5 Å². The zero-order valence-electron chi connectivity index (χ0n) is 12.3. The largest absolute Gasteiger partial charge is 0.482 e. The maximum absolute atomic E-state index is 12.3. The van der Waals surface area contributed by atoms with E-state index < -0.39 is 0 Å². The molecule has 0 unspecified atom stereocenters. The summed E-state index contributed by atoms with van der Waals surface area (Å²) in [6.45, 7) is 1.88. The number of carbonyl (C=O) groups excluding carboxylic acids is 1. The number of likely N-dealkylation sites (tertiary alicyclic amines) is 1. The van der Waals surface area contributed by atoms with E-state index in [9.17, 15) is 4.79 Å². The van der Waals surface area contributed by atoms with Gasteiger partial charge in [0.2, 0.25) is 0 Å². The monoisotopic (exact) mass is 307 g/mol. The van der Waals surface area contributed by atoms with Gasteiger partial charge in [0.05, 0.1) is 5.02 Å². The topological polar surface area (TPSA) is 29.5 Å². The van der Waals surface area contributed by atoms with Gasteiger partial charge in [-0.15, -0.1) is 0 Å². The minimum atomic E-state index is 0.0824. The van der Waals surface area contributed by atoms with Crippen LogP contribution in [0.5, 0.6) is 5.75 Å². The second-order valence-corrected chi connectivity index (χ2v) is 6.56.